The van der Waals surface area contributed by atoms with Crippen LogP contribution in [-0.4, -0.2) is 15.7 Å². The zero-order chi connectivity index (χ0) is 8.97. The van der Waals surface area contributed by atoms with Crippen molar-refractivity contribution < 1.29 is 4.79 Å². The number of anilines is 1. The number of hydrogen-bond donors (Lipinski definition) is 1. The third kappa shape index (κ3) is 2.40. The van der Waals surface area contributed by atoms with Gasteiger partial charge in [-0.3, -0.25) is 14.8 Å². The van der Waals surface area contributed by atoms with Crippen LogP contribution in [0, 0.1) is 10.8 Å². The molecule has 0 fully saturated rings. The van der Waals surface area contributed by atoms with E-state index in [1.807, 2.05) is 0 Å². The Morgan fingerprint density at radius 3 is 3.08 bits per heavy atom. The fourth-order valence-corrected chi connectivity index (χ4v) is 0.852. The van der Waals surface area contributed by atoms with E-state index in [1.54, 1.807) is 24.0 Å². The number of aromatic nitrogens is 2. The molecule has 0 bridgehead atoms. The second kappa shape index (κ2) is 3.93. The molecule has 0 aromatic carbocycles. The molecule has 0 aliphatic heterocycles. The molecule has 1 amide bonds. The molecule has 1 aromatic rings. The van der Waals surface area contributed by atoms with Gasteiger partial charge in [-0.25, -0.2) is 0 Å². The maximum atomic E-state index is 10.9. The molecule has 4 nitrogen and oxygen atoms in total. The average Bonchev–Trinajstić information content (AvgIpc) is 2.36. The molecule has 1 aromatic heterocycles. The summed E-state index contributed by atoms with van der Waals surface area (Å²) >= 11 is 2.82. The summed E-state index contributed by atoms with van der Waals surface area (Å²) in [5.74, 6) is 2.38. The van der Waals surface area contributed by atoms with Gasteiger partial charge >= 0.3 is 5.91 Å². The van der Waals surface area contributed by atoms with Gasteiger partial charge in [0, 0.05) is 41.2 Å². The third-order valence-corrected chi connectivity index (χ3v) is 1.31. The van der Waals surface area contributed by atoms with E-state index in [2.05, 4.69) is 37.1 Å². The van der Waals surface area contributed by atoms with E-state index in [0.717, 1.165) is 0 Å². The lowest BCUT2D eigenvalue weighted by molar-refractivity contribution is -0.111. The minimum atomic E-state index is -0.384. The predicted octanol–water partition coefficient (Wildman–Crippen LogP) is 0.714. The van der Waals surface area contributed by atoms with Gasteiger partial charge < -0.3 is 0 Å². The number of hydrogen-bond acceptors (Lipinski definition) is 2. The van der Waals surface area contributed by atoms with Crippen molar-refractivity contribution in [3.63, 3.8) is 0 Å². The highest BCUT2D eigenvalue weighted by Gasteiger charge is 1.99. The zero-order valence-electron chi connectivity index (χ0n) is 6.34. The summed E-state index contributed by atoms with van der Waals surface area (Å²) in [6, 6.07) is 1.69. The normalized spacial score (nSPS) is 8.50. The van der Waals surface area contributed by atoms with Crippen LogP contribution in [0.4, 0.5) is 5.82 Å². The van der Waals surface area contributed by atoms with Crippen molar-refractivity contribution >= 4 is 27.7 Å². The molecule has 0 radical (unpaired) electrons. The highest BCUT2D eigenvalue weighted by molar-refractivity contribution is 9.12. The van der Waals surface area contributed by atoms with Crippen LogP contribution >= 0.6 is 15.9 Å². The molecule has 0 aliphatic carbocycles. The van der Waals surface area contributed by atoms with Gasteiger partial charge in [0.15, 0.2) is 5.82 Å². The maximum absolute atomic E-state index is 10.9. The fraction of sp³-hybridized carbons (Fsp3) is 0.143. The minimum Gasteiger partial charge on any atom is -0.298 e. The molecule has 0 unspecified atom stereocenters. The van der Waals surface area contributed by atoms with Crippen molar-refractivity contribution in [2.24, 2.45) is 7.05 Å². The maximum Gasteiger partial charge on any atom is 0.302 e. The molecule has 1 heterocycles. The van der Waals surface area contributed by atoms with E-state index in [9.17, 15) is 4.79 Å². The highest BCUT2D eigenvalue weighted by Crippen LogP contribution is 1.99. The van der Waals surface area contributed by atoms with Crippen LogP contribution in [0.5, 0.6) is 0 Å². The van der Waals surface area contributed by atoms with Gasteiger partial charge in [-0.15, -0.1) is 0 Å². The smallest absolute Gasteiger partial charge is 0.298 e. The molecule has 1 N–H and O–H groups in total. The first-order chi connectivity index (χ1) is 5.72. The van der Waals surface area contributed by atoms with E-state index in [4.69, 9.17) is 0 Å². The van der Waals surface area contributed by atoms with Crippen molar-refractivity contribution in [2.75, 3.05) is 5.32 Å². The first-order valence-corrected chi connectivity index (χ1v) is 3.94. The quantitative estimate of drug-likeness (QED) is 0.719. The van der Waals surface area contributed by atoms with Crippen molar-refractivity contribution in [3.05, 3.63) is 12.3 Å². The highest BCUT2D eigenvalue weighted by atomic mass is 79.9. The predicted molar refractivity (Wildman–Crippen MR) is 48.5 cm³/mol. The van der Waals surface area contributed by atoms with Crippen LogP contribution in [0.25, 0.3) is 0 Å². The van der Waals surface area contributed by atoms with Gasteiger partial charge in [0.05, 0.1) is 0 Å². The lowest BCUT2D eigenvalue weighted by Gasteiger charge is -1.92. The van der Waals surface area contributed by atoms with Gasteiger partial charge in [-0.05, 0) is 4.83 Å². The van der Waals surface area contributed by atoms with Crippen LogP contribution < -0.4 is 5.32 Å². The summed E-state index contributed by atoms with van der Waals surface area (Å²) in [5, 5.41) is 6.42. The van der Waals surface area contributed by atoms with E-state index in [0.29, 0.717) is 5.82 Å². The third-order valence-electron chi connectivity index (χ3n) is 1.12. The number of aryl methyl sites for hydroxylation is 1. The van der Waals surface area contributed by atoms with Crippen LogP contribution in [0.15, 0.2) is 12.3 Å². The number of carbonyl (C=O) groups excluding carboxylic acids is 1. The molecular formula is C7H6BrN3O. The molecule has 0 aliphatic rings. The van der Waals surface area contributed by atoms with E-state index in [-0.39, 0.29) is 5.91 Å². The molecular weight excluding hydrogens is 222 g/mol. The zero-order valence-corrected chi connectivity index (χ0v) is 7.92. The van der Waals surface area contributed by atoms with Gasteiger partial charge in [-0.2, -0.15) is 5.10 Å². The Kier molecular flexibility index (Phi) is 2.88. The molecule has 0 saturated carbocycles. The van der Waals surface area contributed by atoms with Gasteiger partial charge in [0.2, 0.25) is 0 Å². The number of halogens is 1. The van der Waals surface area contributed by atoms with Crippen LogP contribution in [0.1, 0.15) is 0 Å². The van der Waals surface area contributed by atoms with Gasteiger partial charge in [-0.1, -0.05) is 0 Å². The number of carbonyl (C=O) groups is 1. The van der Waals surface area contributed by atoms with E-state index >= 15 is 0 Å². The van der Waals surface area contributed by atoms with E-state index < -0.39 is 0 Å². The Morgan fingerprint density at radius 1 is 1.83 bits per heavy atom. The summed E-state index contributed by atoms with van der Waals surface area (Å²) in [4.78, 5) is 13.2. The van der Waals surface area contributed by atoms with Crippen LogP contribution in [-0.2, 0) is 11.8 Å². The number of rotatable bonds is 1. The summed E-state index contributed by atoms with van der Waals surface area (Å²) in [6.45, 7) is 0. The number of nitrogens with one attached hydrogen (secondary N) is 1. The summed E-state index contributed by atoms with van der Waals surface area (Å²) in [5.41, 5.74) is 0. The standard InChI is InChI=1S/C7H6BrN3O/c1-11-5-3-6(10-11)9-7(12)2-4-8/h3,5H,1H3,(H,9,10,12). The monoisotopic (exact) mass is 227 g/mol. The van der Waals surface area contributed by atoms with Gasteiger partial charge in [0.1, 0.15) is 0 Å². The van der Waals surface area contributed by atoms with Crippen molar-refractivity contribution in [1.82, 2.24) is 9.78 Å². The minimum absolute atomic E-state index is 0.384. The molecule has 1 rings (SSSR count). The van der Waals surface area contributed by atoms with E-state index in [1.165, 1.54) is 0 Å². The molecule has 0 spiro atoms. The SMILES string of the molecule is Cn1ccc(NC(=O)C#CBr)n1. The van der Waals surface area contributed by atoms with Crippen molar-refractivity contribution in [2.45, 2.75) is 0 Å². The number of nitrogens with zero attached hydrogens (tertiary/aromatic N) is 2. The lowest BCUT2D eigenvalue weighted by Crippen LogP contribution is -2.08. The molecule has 0 saturated heterocycles. The van der Waals surface area contributed by atoms with Crippen LogP contribution in [0.2, 0.25) is 0 Å². The van der Waals surface area contributed by atoms with Gasteiger partial charge in [0.25, 0.3) is 0 Å². The van der Waals surface area contributed by atoms with Crippen LogP contribution in [0.3, 0.4) is 0 Å². The second-order valence-electron chi connectivity index (χ2n) is 2.05. The Labute approximate surface area is 78.1 Å². The first-order valence-electron chi connectivity index (χ1n) is 3.14. The molecule has 62 valence electrons. The Balaban J connectivity index is 2.62. The average molecular weight is 228 g/mol. The first kappa shape index (κ1) is 8.81. The Hall–Kier alpha value is -1.28. The molecule has 0 atom stereocenters. The van der Waals surface area contributed by atoms with Crippen molar-refractivity contribution in [3.8, 4) is 10.8 Å². The Bertz CT molecular complexity index is 347. The second-order valence-corrected chi connectivity index (χ2v) is 2.44. The largest absolute Gasteiger partial charge is 0.302 e. The molecule has 12 heavy (non-hydrogen) atoms. The topological polar surface area (TPSA) is 46.9 Å². The summed E-state index contributed by atoms with van der Waals surface area (Å²) < 4.78 is 1.59. The summed E-state index contributed by atoms with van der Waals surface area (Å²) in [7, 11) is 1.77. The lowest BCUT2D eigenvalue weighted by atomic mass is 10.5. The number of amides is 1. The molecule has 5 heteroatoms. The summed E-state index contributed by atoms with van der Waals surface area (Å²) in [6.07, 6.45) is 1.73. The fourth-order valence-electron chi connectivity index (χ4n) is 0.672. The Morgan fingerprint density at radius 2 is 2.58 bits per heavy atom. The van der Waals surface area contributed by atoms with Crippen molar-refractivity contribution in [1.29, 1.82) is 0 Å².